The molecule has 0 N–H and O–H groups in total. The predicted octanol–water partition coefficient (Wildman–Crippen LogP) is 3.34. The van der Waals surface area contributed by atoms with Gasteiger partial charge in [-0.1, -0.05) is 6.07 Å². The quantitative estimate of drug-likeness (QED) is 0.707. The van der Waals surface area contributed by atoms with Crippen molar-refractivity contribution in [2.45, 2.75) is 13.3 Å². The Morgan fingerprint density at radius 2 is 2.24 bits per heavy atom. The van der Waals surface area contributed by atoms with Gasteiger partial charge in [0.05, 0.1) is 18.5 Å². The van der Waals surface area contributed by atoms with E-state index in [-0.39, 0.29) is 5.91 Å². The van der Waals surface area contributed by atoms with Crippen molar-refractivity contribution >= 4 is 22.9 Å². The molecule has 1 aromatic carbocycles. The topological polar surface area (TPSA) is 68.2 Å². The van der Waals surface area contributed by atoms with Crippen molar-refractivity contribution in [3.8, 4) is 16.5 Å². The molecule has 0 fully saturated rings. The fourth-order valence-electron chi connectivity index (χ4n) is 2.73. The van der Waals surface area contributed by atoms with Crippen molar-refractivity contribution in [2.75, 3.05) is 18.1 Å². The van der Waals surface area contributed by atoms with Crippen molar-refractivity contribution in [3.05, 3.63) is 53.4 Å². The number of fused-ring (bicyclic) bond motifs is 1. The molecule has 2 aromatic heterocycles. The van der Waals surface area contributed by atoms with Gasteiger partial charge in [0.15, 0.2) is 0 Å². The van der Waals surface area contributed by atoms with Crippen LogP contribution in [0.4, 0.5) is 5.69 Å². The molecule has 4 rings (SSSR count). The summed E-state index contributed by atoms with van der Waals surface area (Å²) in [6, 6.07) is 5.89. The Morgan fingerprint density at radius 3 is 3.08 bits per heavy atom. The van der Waals surface area contributed by atoms with Gasteiger partial charge in [-0.15, -0.1) is 11.3 Å². The number of carbonyl (C=O) groups excluding carboxylic acids is 1. The summed E-state index contributed by atoms with van der Waals surface area (Å²) in [6.45, 7) is 3.21. The third kappa shape index (κ3) is 3.10. The van der Waals surface area contributed by atoms with E-state index in [0.29, 0.717) is 29.5 Å². The van der Waals surface area contributed by atoms with Crippen molar-refractivity contribution in [2.24, 2.45) is 0 Å². The Bertz CT molecular complexity index is 910. The van der Waals surface area contributed by atoms with Crippen LogP contribution in [-0.4, -0.2) is 34.0 Å². The minimum atomic E-state index is -0.122. The predicted molar refractivity (Wildman–Crippen MR) is 96.1 cm³/mol. The van der Waals surface area contributed by atoms with Gasteiger partial charge in [-0.05, 0) is 31.0 Å². The van der Waals surface area contributed by atoms with E-state index in [1.54, 1.807) is 28.9 Å². The Hall–Kier alpha value is -2.80. The second-order valence-corrected chi connectivity index (χ2v) is 6.62. The SMILES string of the molecule is Cc1ccc2c(c1)N(C(=O)c1csc(-c3cnccn3)n1)CCCO2. The van der Waals surface area contributed by atoms with Crippen molar-refractivity contribution in [1.29, 1.82) is 0 Å². The van der Waals surface area contributed by atoms with Crippen LogP contribution in [-0.2, 0) is 0 Å². The Morgan fingerprint density at radius 1 is 1.32 bits per heavy atom. The normalized spacial score (nSPS) is 13.7. The first-order chi connectivity index (χ1) is 12.2. The summed E-state index contributed by atoms with van der Waals surface area (Å²) in [5.41, 5.74) is 2.97. The lowest BCUT2D eigenvalue weighted by Gasteiger charge is -2.21. The van der Waals surface area contributed by atoms with Gasteiger partial charge in [-0.3, -0.25) is 14.8 Å². The first-order valence-electron chi connectivity index (χ1n) is 7.99. The van der Waals surface area contributed by atoms with Crippen molar-refractivity contribution < 1.29 is 9.53 Å². The highest BCUT2D eigenvalue weighted by Gasteiger charge is 2.25. The number of ether oxygens (including phenoxy) is 1. The molecule has 0 atom stereocenters. The smallest absolute Gasteiger partial charge is 0.277 e. The van der Waals surface area contributed by atoms with E-state index in [0.717, 1.165) is 23.4 Å². The third-order valence-corrected chi connectivity index (χ3v) is 4.80. The fraction of sp³-hybridized carbons (Fsp3) is 0.222. The van der Waals surface area contributed by atoms with E-state index < -0.39 is 0 Å². The molecule has 1 aliphatic heterocycles. The largest absolute Gasteiger partial charge is 0.491 e. The number of hydrogen-bond acceptors (Lipinski definition) is 6. The number of anilines is 1. The second kappa shape index (κ2) is 6.60. The van der Waals surface area contributed by atoms with Gasteiger partial charge in [0.2, 0.25) is 0 Å². The number of aromatic nitrogens is 3. The minimum Gasteiger partial charge on any atom is -0.491 e. The first kappa shape index (κ1) is 15.7. The second-order valence-electron chi connectivity index (χ2n) is 5.76. The summed E-state index contributed by atoms with van der Waals surface area (Å²) in [7, 11) is 0. The zero-order chi connectivity index (χ0) is 17.2. The lowest BCUT2D eigenvalue weighted by molar-refractivity contribution is 0.0983. The van der Waals surface area contributed by atoms with Crippen LogP contribution in [0.5, 0.6) is 5.75 Å². The highest BCUT2D eigenvalue weighted by molar-refractivity contribution is 7.13. The number of aryl methyl sites for hydroxylation is 1. The molecule has 1 amide bonds. The fourth-order valence-corrected chi connectivity index (χ4v) is 3.49. The van der Waals surface area contributed by atoms with Gasteiger partial charge in [-0.25, -0.2) is 4.98 Å². The van der Waals surface area contributed by atoms with Gasteiger partial charge in [0.25, 0.3) is 5.91 Å². The third-order valence-electron chi connectivity index (χ3n) is 3.94. The molecular formula is C18H16N4O2S. The van der Waals surface area contributed by atoms with Crippen LogP contribution < -0.4 is 9.64 Å². The lowest BCUT2D eigenvalue weighted by Crippen LogP contribution is -2.31. The van der Waals surface area contributed by atoms with E-state index >= 15 is 0 Å². The summed E-state index contributed by atoms with van der Waals surface area (Å²) < 4.78 is 5.76. The van der Waals surface area contributed by atoms with E-state index in [1.807, 2.05) is 25.1 Å². The summed E-state index contributed by atoms with van der Waals surface area (Å²) in [6.07, 6.45) is 5.65. The molecule has 1 aliphatic rings. The van der Waals surface area contributed by atoms with Crippen LogP contribution >= 0.6 is 11.3 Å². The molecule has 0 unspecified atom stereocenters. The first-order valence-corrected chi connectivity index (χ1v) is 8.87. The van der Waals surface area contributed by atoms with Gasteiger partial charge in [0.1, 0.15) is 22.1 Å². The average Bonchev–Trinajstić information content (AvgIpc) is 3.04. The van der Waals surface area contributed by atoms with E-state index in [4.69, 9.17) is 4.74 Å². The van der Waals surface area contributed by atoms with E-state index in [9.17, 15) is 4.79 Å². The number of rotatable bonds is 2. The van der Waals surface area contributed by atoms with Crippen LogP contribution in [0.2, 0.25) is 0 Å². The summed E-state index contributed by atoms with van der Waals surface area (Å²) in [4.78, 5) is 27.6. The number of nitrogens with zero attached hydrogens (tertiary/aromatic N) is 4. The monoisotopic (exact) mass is 352 g/mol. The molecule has 0 saturated carbocycles. The lowest BCUT2D eigenvalue weighted by atomic mass is 10.2. The maximum absolute atomic E-state index is 13.0. The Kier molecular flexibility index (Phi) is 4.15. The highest BCUT2D eigenvalue weighted by atomic mass is 32.1. The molecular weight excluding hydrogens is 336 g/mol. The van der Waals surface area contributed by atoms with Crippen LogP contribution in [0.25, 0.3) is 10.7 Å². The molecule has 6 nitrogen and oxygen atoms in total. The standard InChI is InChI=1S/C18H16N4O2S/c1-12-3-4-16-15(9-12)22(7-2-8-24-16)18(23)14-11-25-17(21-14)13-10-19-5-6-20-13/h3-6,9-11H,2,7-8H2,1H3. The maximum Gasteiger partial charge on any atom is 0.277 e. The summed E-state index contributed by atoms with van der Waals surface area (Å²) >= 11 is 1.39. The highest BCUT2D eigenvalue weighted by Crippen LogP contribution is 2.33. The zero-order valence-electron chi connectivity index (χ0n) is 13.7. The summed E-state index contributed by atoms with van der Waals surface area (Å²) in [5, 5.41) is 2.46. The molecule has 25 heavy (non-hydrogen) atoms. The average molecular weight is 352 g/mol. The molecule has 3 aromatic rings. The molecule has 0 saturated heterocycles. The van der Waals surface area contributed by atoms with Gasteiger partial charge >= 0.3 is 0 Å². The van der Waals surface area contributed by atoms with Crippen LogP contribution in [0.15, 0.2) is 42.2 Å². The van der Waals surface area contributed by atoms with Crippen LogP contribution in [0.1, 0.15) is 22.5 Å². The molecule has 3 heterocycles. The minimum absolute atomic E-state index is 0.122. The van der Waals surface area contributed by atoms with Gasteiger partial charge in [-0.2, -0.15) is 0 Å². The molecule has 0 radical (unpaired) electrons. The Labute approximate surface area is 149 Å². The van der Waals surface area contributed by atoms with E-state index in [1.165, 1.54) is 11.3 Å². The number of benzene rings is 1. The van der Waals surface area contributed by atoms with Crippen molar-refractivity contribution in [3.63, 3.8) is 0 Å². The molecule has 126 valence electrons. The Balaban J connectivity index is 1.68. The van der Waals surface area contributed by atoms with Gasteiger partial charge < -0.3 is 9.64 Å². The maximum atomic E-state index is 13.0. The van der Waals surface area contributed by atoms with E-state index in [2.05, 4.69) is 15.0 Å². The summed E-state index contributed by atoms with van der Waals surface area (Å²) in [5.74, 6) is 0.615. The molecule has 0 spiro atoms. The van der Waals surface area contributed by atoms with Crippen molar-refractivity contribution in [1.82, 2.24) is 15.0 Å². The molecule has 0 bridgehead atoms. The molecule has 7 heteroatoms. The number of thiazole rings is 1. The number of amides is 1. The zero-order valence-corrected chi connectivity index (χ0v) is 14.5. The molecule has 0 aliphatic carbocycles. The number of carbonyl (C=O) groups is 1. The van der Waals surface area contributed by atoms with Crippen LogP contribution in [0.3, 0.4) is 0 Å². The number of hydrogen-bond donors (Lipinski definition) is 0. The van der Waals surface area contributed by atoms with Crippen LogP contribution in [0, 0.1) is 6.92 Å². The van der Waals surface area contributed by atoms with Gasteiger partial charge in [0, 0.05) is 24.3 Å².